The minimum absolute atomic E-state index is 0.101. The first kappa shape index (κ1) is 18.9. The number of amides is 2. The van der Waals surface area contributed by atoms with Gasteiger partial charge < -0.3 is 16.0 Å². The van der Waals surface area contributed by atoms with E-state index in [0.717, 1.165) is 17.5 Å². The number of aromatic nitrogens is 4. The Morgan fingerprint density at radius 3 is 2.68 bits per heavy atom. The van der Waals surface area contributed by atoms with Gasteiger partial charge in [-0.05, 0) is 48.4 Å². The fourth-order valence-electron chi connectivity index (χ4n) is 3.87. The van der Waals surface area contributed by atoms with E-state index in [1.807, 2.05) is 24.3 Å². The zero-order valence-electron chi connectivity index (χ0n) is 15.8. The summed E-state index contributed by atoms with van der Waals surface area (Å²) in [6.07, 6.45) is 1.05. The Kier molecular flexibility index (Phi) is 4.84. The molecule has 2 saturated heterocycles. The van der Waals surface area contributed by atoms with Gasteiger partial charge in [0.2, 0.25) is 11.8 Å². The van der Waals surface area contributed by atoms with Crippen LogP contribution in [0.25, 0.3) is 0 Å². The van der Waals surface area contributed by atoms with Crippen molar-refractivity contribution in [2.75, 3.05) is 6.54 Å². The van der Waals surface area contributed by atoms with Crippen molar-refractivity contribution in [1.29, 1.82) is 0 Å². The van der Waals surface area contributed by atoms with E-state index in [4.69, 9.17) is 5.73 Å². The van der Waals surface area contributed by atoms with Crippen LogP contribution in [0.3, 0.4) is 0 Å². The smallest absolute Gasteiger partial charge is 0.249 e. The molecule has 2 amide bonds. The Hall–Kier alpha value is -2.46. The fourth-order valence-corrected chi connectivity index (χ4v) is 5.51. The molecule has 148 valence electrons. The third-order valence-electron chi connectivity index (χ3n) is 5.20. The Bertz CT molecular complexity index is 869. The summed E-state index contributed by atoms with van der Waals surface area (Å²) in [5.74, 6) is 0.305. The van der Waals surface area contributed by atoms with Gasteiger partial charge in [0.1, 0.15) is 17.5 Å². The number of hydrogen-bond acceptors (Lipinski definition) is 7. The number of thioether (sulfide) groups is 1. The lowest BCUT2D eigenvalue weighted by Crippen LogP contribution is -2.68. The molecule has 9 nitrogen and oxygen atoms in total. The molecule has 0 bridgehead atoms. The average molecular weight is 401 g/mol. The lowest BCUT2D eigenvalue weighted by Gasteiger charge is -2.44. The number of tetrazole rings is 1. The van der Waals surface area contributed by atoms with Crippen LogP contribution in [-0.2, 0) is 22.4 Å². The van der Waals surface area contributed by atoms with Crippen molar-refractivity contribution in [3.63, 3.8) is 0 Å². The van der Waals surface area contributed by atoms with Crippen LogP contribution in [0, 0.1) is 0 Å². The number of hydrogen-bond donors (Lipinski definition) is 3. The Morgan fingerprint density at radius 2 is 2.04 bits per heavy atom. The molecule has 0 aliphatic carbocycles. The molecule has 2 aliphatic rings. The average Bonchev–Trinajstić information content (AvgIpc) is 3.26. The van der Waals surface area contributed by atoms with Gasteiger partial charge in [0.25, 0.3) is 0 Å². The molecule has 4 N–H and O–H groups in total. The fraction of sp³-hybridized carbons (Fsp3) is 0.500. The lowest BCUT2D eigenvalue weighted by atomic mass is 9.95. The maximum Gasteiger partial charge on any atom is 0.249 e. The van der Waals surface area contributed by atoms with E-state index in [1.165, 1.54) is 0 Å². The highest BCUT2D eigenvalue weighted by molar-refractivity contribution is 8.01. The second-order valence-electron chi connectivity index (χ2n) is 7.62. The third kappa shape index (κ3) is 3.26. The van der Waals surface area contributed by atoms with Gasteiger partial charge in [-0.15, -0.1) is 16.9 Å². The monoisotopic (exact) mass is 401 g/mol. The predicted octanol–water partition coefficient (Wildman–Crippen LogP) is 0.163. The van der Waals surface area contributed by atoms with Gasteiger partial charge in [0.15, 0.2) is 5.82 Å². The molecule has 3 heterocycles. The summed E-state index contributed by atoms with van der Waals surface area (Å²) in [5.41, 5.74) is 7.61. The van der Waals surface area contributed by atoms with Gasteiger partial charge in [0, 0.05) is 4.75 Å². The number of carbonyl (C=O) groups excluding carboxylic acids is 2. The highest BCUT2D eigenvalue weighted by Gasteiger charge is 2.63. The molecule has 1 aromatic carbocycles. The Morgan fingerprint density at radius 1 is 1.32 bits per heavy atom. The molecule has 1 aromatic heterocycles. The Balaban J connectivity index is 1.40. The predicted molar refractivity (Wildman–Crippen MR) is 104 cm³/mol. The number of nitrogens with two attached hydrogens (primary N) is 1. The Labute approximate surface area is 166 Å². The van der Waals surface area contributed by atoms with E-state index >= 15 is 0 Å². The molecule has 0 spiro atoms. The first-order valence-corrected chi connectivity index (χ1v) is 10.1. The zero-order valence-corrected chi connectivity index (χ0v) is 16.6. The molecule has 0 saturated carbocycles. The van der Waals surface area contributed by atoms with Gasteiger partial charge in [-0.3, -0.25) is 9.59 Å². The van der Waals surface area contributed by atoms with Crippen LogP contribution in [0.1, 0.15) is 36.8 Å². The molecular weight excluding hydrogens is 378 g/mol. The number of carbonyl (C=O) groups is 2. The number of aromatic amines is 1. The summed E-state index contributed by atoms with van der Waals surface area (Å²) in [7, 11) is 0. The van der Waals surface area contributed by atoms with Crippen molar-refractivity contribution in [2.24, 2.45) is 5.73 Å². The number of nitrogens with one attached hydrogen (secondary N) is 2. The van der Waals surface area contributed by atoms with Gasteiger partial charge in [-0.2, -0.15) is 0 Å². The molecule has 3 unspecified atom stereocenters. The maximum atomic E-state index is 12.7. The van der Waals surface area contributed by atoms with Crippen LogP contribution in [0.2, 0.25) is 0 Å². The quantitative estimate of drug-likeness (QED) is 0.588. The van der Waals surface area contributed by atoms with E-state index in [1.54, 1.807) is 16.7 Å². The summed E-state index contributed by atoms with van der Waals surface area (Å²) >= 11 is 1.65. The van der Waals surface area contributed by atoms with Crippen LogP contribution in [0.15, 0.2) is 24.3 Å². The van der Waals surface area contributed by atoms with Gasteiger partial charge >= 0.3 is 0 Å². The molecule has 0 radical (unpaired) electrons. The van der Waals surface area contributed by atoms with Crippen LogP contribution in [0.5, 0.6) is 0 Å². The highest BCUT2D eigenvalue weighted by atomic mass is 32.2. The van der Waals surface area contributed by atoms with Crippen LogP contribution >= 0.6 is 11.8 Å². The molecule has 4 rings (SSSR count). The van der Waals surface area contributed by atoms with Crippen LogP contribution in [-0.4, -0.2) is 60.0 Å². The van der Waals surface area contributed by atoms with Crippen molar-refractivity contribution in [1.82, 2.24) is 30.8 Å². The van der Waals surface area contributed by atoms with Crippen molar-refractivity contribution in [2.45, 2.75) is 48.9 Å². The summed E-state index contributed by atoms with van der Waals surface area (Å²) in [4.78, 5) is 27.0. The molecule has 3 atom stereocenters. The SMILES string of the molecule is CC1(C)SC2C(NC(=O)Cc3ccc(CCN)cc3)C(=O)N2C1c1nnn[nH]1. The van der Waals surface area contributed by atoms with Crippen LogP contribution < -0.4 is 11.1 Å². The van der Waals surface area contributed by atoms with E-state index in [9.17, 15) is 9.59 Å². The highest BCUT2D eigenvalue weighted by Crippen LogP contribution is 2.56. The number of rotatable bonds is 6. The van der Waals surface area contributed by atoms with Crippen molar-refractivity contribution >= 4 is 23.6 Å². The second kappa shape index (κ2) is 7.17. The lowest BCUT2D eigenvalue weighted by molar-refractivity contribution is -0.151. The third-order valence-corrected chi connectivity index (χ3v) is 6.77. The molecule has 28 heavy (non-hydrogen) atoms. The van der Waals surface area contributed by atoms with Gasteiger partial charge in [-0.1, -0.05) is 24.3 Å². The number of nitrogens with zero attached hydrogens (tertiary/aromatic N) is 4. The summed E-state index contributed by atoms with van der Waals surface area (Å²) in [6.45, 7) is 4.71. The largest absolute Gasteiger partial charge is 0.341 e. The normalized spacial score (nSPS) is 25.3. The van der Waals surface area contributed by atoms with E-state index in [2.05, 4.69) is 39.8 Å². The van der Waals surface area contributed by atoms with E-state index < -0.39 is 6.04 Å². The molecule has 2 fully saturated rings. The zero-order chi connectivity index (χ0) is 19.9. The topological polar surface area (TPSA) is 130 Å². The van der Waals surface area contributed by atoms with Gasteiger partial charge in [0.05, 0.1) is 6.42 Å². The number of H-pyrrole nitrogens is 1. The minimum atomic E-state index is -0.519. The summed E-state index contributed by atoms with van der Waals surface area (Å²) in [5, 5.41) is 16.8. The van der Waals surface area contributed by atoms with Gasteiger partial charge in [-0.25, -0.2) is 5.10 Å². The molecule has 2 aromatic rings. The van der Waals surface area contributed by atoms with Crippen molar-refractivity contribution in [3.05, 3.63) is 41.2 Å². The van der Waals surface area contributed by atoms with Crippen molar-refractivity contribution in [3.8, 4) is 0 Å². The molecule has 2 aliphatic heterocycles. The minimum Gasteiger partial charge on any atom is -0.341 e. The molecular formula is C18H23N7O2S. The van der Waals surface area contributed by atoms with E-state index in [0.29, 0.717) is 12.4 Å². The maximum absolute atomic E-state index is 12.7. The number of benzene rings is 1. The summed E-state index contributed by atoms with van der Waals surface area (Å²) < 4.78 is -0.264. The first-order valence-electron chi connectivity index (χ1n) is 9.21. The standard InChI is InChI=1S/C18H23N7O2S/c1-18(2)14(15-21-23-24-22-15)25-16(27)13(17(25)28-18)20-12(26)9-11-5-3-10(4-6-11)7-8-19/h3-6,13-14,17H,7-9,19H2,1-2H3,(H,20,26)(H,21,22,23,24). The van der Waals surface area contributed by atoms with E-state index in [-0.39, 0.29) is 34.4 Å². The van der Waals surface area contributed by atoms with Crippen molar-refractivity contribution < 1.29 is 9.59 Å². The molecule has 10 heteroatoms. The number of fused-ring (bicyclic) bond motifs is 1. The summed E-state index contributed by atoms with van der Waals surface area (Å²) in [6, 6.07) is 7.07. The first-order chi connectivity index (χ1) is 13.4. The number of β-lactam (4-membered cyclic amide) rings is 1. The second-order valence-corrected chi connectivity index (χ2v) is 9.39. The van der Waals surface area contributed by atoms with Crippen LogP contribution in [0.4, 0.5) is 0 Å².